The van der Waals surface area contributed by atoms with Gasteiger partial charge < -0.3 is 0 Å². The van der Waals surface area contributed by atoms with E-state index in [9.17, 15) is 19.2 Å². The van der Waals surface area contributed by atoms with E-state index in [0.717, 1.165) is 0 Å². The van der Waals surface area contributed by atoms with E-state index in [0.29, 0.717) is 0 Å². The summed E-state index contributed by atoms with van der Waals surface area (Å²) in [6.45, 7) is 3.12. The van der Waals surface area contributed by atoms with Crippen LogP contribution in [0.15, 0.2) is 0 Å². The molecule has 0 fully saturated rings. The number of nitrogens with one attached hydrogen (secondary N) is 3. The van der Waals surface area contributed by atoms with Gasteiger partial charge in [-0.15, -0.1) is 0 Å². The highest BCUT2D eigenvalue weighted by Gasteiger charge is 2.11. The average Bonchev–Trinajstić information content (AvgIpc) is 2.16. The van der Waals surface area contributed by atoms with Gasteiger partial charge in [0.25, 0.3) is 0 Å². The first kappa shape index (κ1) is 13.1. The van der Waals surface area contributed by atoms with Crippen LogP contribution in [0.4, 0.5) is 9.59 Å². The van der Waals surface area contributed by atoms with E-state index < -0.39 is 23.9 Å². The number of urea groups is 2. The van der Waals surface area contributed by atoms with Crippen molar-refractivity contribution >= 4 is 23.9 Å². The van der Waals surface area contributed by atoms with E-state index in [2.05, 4.69) is 0 Å². The van der Waals surface area contributed by atoms with Crippen molar-refractivity contribution in [2.24, 2.45) is 0 Å². The molecule has 0 saturated carbocycles. The molecular weight excluding hydrogens is 202 g/mol. The van der Waals surface area contributed by atoms with Gasteiger partial charge >= 0.3 is 12.1 Å². The minimum Gasteiger partial charge on any atom is -0.278 e. The second-order valence-corrected chi connectivity index (χ2v) is 2.59. The lowest BCUT2D eigenvalue weighted by molar-refractivity contribution is -0.120. The number of imide groups is 3. The zero-order valence-electron chi connectivity index (χ0n) is 8.55. The fourth-order valence-electron chi connectivity index (χ4n) is 0.596. The predicted octanol–water partition coefficient (Wildman–Crippen LogP) is -0.132. The molecule has 0 heterocycles. The Balaban J connectivity index is 3.92. The Bertz CT molecular complexity index is 260. The van der Waals surface area contributed by atoms with E-state index in [1.165, 1.54) is 0 Å². The largest absolute Gasteiger partial charge is 0.329 e. The van der Waals surface area contributed by atoms with E-state index in [1.807, 2.05) is 10.6 Å². The van der Waals surface area contributed by atoms with Crippen molar-refractivity contribution in [2.45, 2.75) is 26.7 Å². The number of carbonyl (C=O) groups excluding carboxylic acids is 4. The summed E-state index contributed by atoms with van der Waals surface area (Å²) in [7, 11) is 0. The molecule has 0 rings (SSSR count). The average molecular weight is 215 g/mol. The Morgan fingerprint density at radius 3 is 1.33 bits per heavy atom. The zero-order chi connectivity index (χ0) is 11.8. The lowest BCUT2D eigenvalue weighted by atomic mass is 10.4. The fraction of sp³-hybridized carbons (Fsp3) is 0.500. The summed E-state index contributed by atoms with van der Waals surface area (Å²) in [5.74, 6) is -1.02. The molecule has 0 spiro atoms. The quantitative estimate of drug-likeness (QED) is 0.596. The molecule has 6 amide bonds. The molecule has 3 N–H and O–H groups in total. The van der Waals surface area contributed by atoms with Gasteiger partial charge in [-0.05, 0) is 0 Å². The Hall–Kier alpha value is -1.92. The second-order valence-electron chi connectivity index (χ2n) is 2.59. The summed E-state index contributed by atoms with van der Waals surface area (Å²) in [6.07, 6.45) is 0.256. The van der Waals surface area contributed by atoms with Gasteiger partial charge in [0, 0.05) is 12.8 Å². The van der Waals surface area contributed by atoms with Gasteiger partial charge in [-0.2, -0.15) is 0 Å². The standard InChI is InChI=1S/C8H13N3O4/c1-3-5(12)9-7(14)11-8(15)10-6(13)4-2/h3-4H2,1-2H3,(H3,9,10,11,12,13,14,15). The zero-order valence-corrected chi connectivity index (χ0v) is 8.55. The van der Waals surface area contributed by atoms with Crippen molar-refractivity contribution in [3.8, 4) is 0 Å². The third-order valence-electron chi connectivity index (χ3n) is 1.38. The van der Waals surface area contributed by atoms with E-state index in [1.54, 1.807) is 19.2 Å². The topological polar surface area (TPSA) is 104 Å². The van der Waals surface area contributed by atoms with Crippen LogP contribution in [0.3, 0.4) is 0 Å². The highest BCUT2D eigenvalue weighted by Crippen LogP contribution is 1.77. The maximum Gasteiger partial charge on any atom is 0.329 e. The van der Waals surface area contributed by atoms with Gasteiger partial charge in [-0.1, -0.05) is 13.8 Å². The monoisotopic (exact) mass is 215 g/mol. The van der Waals surface area contributed by atoms with Crippen LogP contribution in [0, 0.1) is 0 Å². The first-order valence-corrected chi connectivity index (χ1v) is 4.44. The molecule has 0 aliphatic heterocycles. The van der Waals surface area contributed by atoms with Crippen LogP contribution in [-0.4, -0.2) is 23.9 Å². The minimum absolute atomic E-state index is 0.128. The van der Waals surface area contributed by atoms with Crippen LogP contribution in [0.1, 0.15) is 26.7 Å². The van der Waals surface area contributed by atoms with Crippen LogP contribution in [0.5, 0.6) is 0 Å². The SMILES string of the molecule is CCC(=O)NC(=O)NC(=O)NC(=O)CC. The number of rotatable bonds is 2. The van der Waals surface area contributed by atoms with Gasteiger partial charge in [-0.25, -0.2) is 9.59 Å². The lowest BCUT2D eigenvalue weighted by Gasteiger charge is -2.04. The first-order chi connectivity index (χ1) is 6.99. The molecule has 0 saturated heterocycles. The van der Waals surface area contributed by atoms with E-state index >= 15 is 0 Å². The number of carbonyl (C=O) groups is 4. The smallest absolute Gasteiger partial charge is 0.278 e. The van der Waals surface area contributed by atoms with E-state index in [-0.39, 0.29) is 12.8 Å². The molecular formula is C8H13N3O4. The summed E-state index contributed by atoms with van der Waals surface area (Å²) in [5, 5.41) is 5.55. The van der Waals surface area contributed by atoms with Gasteiger partial charge in [0.05, 0.1) is 0 Å². The van der Waals surface area contributed by atoms with Gasteiger partial charge in [0.15, 0.2) is 0 Å². The predicted molar refractivity (Wildman–Crippen MR) is 50.8 cm³/mol. The van der Waals surface area contributed by atoms with Crippen LogP contribution in [0.2, 0.25) is 0 Å². The Kier molecular flexibility index (Phi) is 5.69. The molecule has 0 aromatic heterocycles. The minimum atomic E-state index is -0.955. The Morgan fingerprint density at radius 2 is 1.07 bits per heavy atom. The molecule has 7 nitrogen and oxygen atoms in total. The van der Waals surface area contributed by atoms with Crippen molar-refractivity contribution in [2.75, 3.05) is 0 Å². The molecule has 0 radical (unpaired) electrons. The molecule has 15 heavy (non-hydrogen) atoms. The summed E-state index contributed by atoms with van der Waals surface area (Å²) >= 11 is 0. The molecule has 0 aromatic carbocycles. The second kappa shape index (κ2) is 6.52. The van der Waals surface area contributed by atoms with Crippen molar-refractivity contribution in [3.05, 3.63) is 0 Å². The summed E-state index contributed by atoms with van der Waals surface area (Å²) in [4.78, 5) is 43.2. The Labute approximate surface area is 86.6 Å². The lowest BCUT2D eigenvalue weighted by Crippen LogP contribution is -2.47. The maximum atomic E-state index is 10.9. The molecule has 0 bridgehead atoms. The first-order valence-electron chi connectivity index (χ1n) is 4.44. The highest BCUT2D eigenvalue weighted by molar-refractivity contribution is 6.05. The van der Waals surface area contributed by atoms with Gasteiger partial charge in [-0.3, -0.25) is 25.5 Å². The van der Waals surface area contributed by atoms with Crippen molar-refractivity contribution in [1.82, 2.24) is 16.0 Å². The summed E-state index contributed by atoms with van der Waals surface area (Å²) < 4.78 is 0. The summed E-state index contributed by atoms with van der Waals surface area (Å²) in [5.41, 5.74) is 0. The summed E-state index contributed by atoms with van der Waals surface area (Å²) in [6, 6.07) is -1.91. The van der Waals surface area contributed by atoms with Crippen LogP contribution < -0.4 is 16.0 Å². The van der Waals surface area contributed by atoms with Crippen LogP contribution in [0.25, 0.3) is 0 Å². The number of amides is 6. The van der Waals surface area contributed by atoms with Gasteiger partial charge in [0.2, 0.25) is 11.8 Å². The molecule has 84 valence electrons. The normalized spacial score (nSPS) is 8.93. The fourth-order valence-corrected chi connectivity index (χ4v) is 0.596. The van der Waals surface area contributed by atoms with Crippen molar-refractivity contribution in [1.29, 1.82) is 0 Å². The highest BCUT2D eigenvalue weighted by atomic mass is 16.2. The molecule has 0 aromatic rings. The van der Waals surface area contributed by atoms with Crippen LogP contribution >= 0.6 is 0 Å². The van der Waals surface area contributed by atoms with Crippen molar-refractivity contribution in [3.63, 3.8) is 0 Å². The molecule has 0 unspecified atom stereocenters. The van der Waals surface area contributed by atoms with Gasteiger partial charge in [0.1, 0.15) is 0 Å². The molecule has 0 atom stereocenters. The van der Waals surface area contributed by atoms with Crippen LogP contribution in [-0.2, 0) is 9.59 Å². The maximum absolute atomic E-state index is 10.9. The number of hydrogen-bond acceptors (Lipinski definition) is 4. The van der Waals surface area contributed by atoms with E-state index in [4.69, 9.17) is 0 Å². The third kappa shape index (κ3) is 6.19. The Morgan fingerprint density at radius 1 is 0.733 bits per heavy atom. The molecule has 0 aliphatic rings. The molecule has 7 heteroatoms. The molecule has 0 aliphatic carbocycles. The third-order valence-corrected chi connectivity index (χ3v) is 1.38. The number of hydrogen-bond donors (Lipinski definition) is 3. The van der Waals surface area contributed by atoms with Crippen molar-refractivity contribution < 1.29 is 19.2 Å².